The number of furan rings is 1. The minimum atomic E-state index is 0. The van der Waals surface area contributed by atoms with Crippen LogP contribution in [0.4, 0.5) is 0 Å². The SMILES string of the molecule is CNCc1ccc(Cl)o1.Cl. The van der Waals surface area contributed by atoms with Crippen LogP contribution < -0.4 is 5.32 Å². The van der Waals surface area contributed by atoms with Crippen LogP contribution in [0.1, 0.15) is 5.76 Å². The molecule has 4 heteroatoms. The minimum absolute atomic E-state index is 0. The smallest absolute Gasteiger partial charge is 0.193 e. The Kier molecular flexibility index (Phi) is 4.52. The van der Waals surface area contributed by atoms with Crippen molar-refractivity contribution in [3.05, 3.63) is 23.1 Å². The molecule has 0 unspecified atom stereocenters. The van der Waals surface area contributed by atoms with E-state index in [1.165, 1.54) is 0 Å². The van der Waals surface area contributed by atoms with Crippen LogP contribution in [-0.4, -0.2) is 7.05 Å². The van der Waals surface area contributed by atoms with Gasteiger partial charge in [-0.1, -0.05) is 0 Å². The number of hydrogen-bond acceptors (Lipinski definition) is 2. The average molecular weight is 182 g/mol. The summed E-state index contributed by atoms with van der Waals surface area (Å²) in [6, 6.07) is 3.58. The van der Waals surface area contributed by atoms with Gasteiger partial charge in [-0.3, -0.25) is 0 Å². The predicted octanol–water partition coefficient (Wildman–Crippen LogP) is 2.07. The summed E-state index contributed by atoms with van der Waals surface area (Å²) in [5.41, 5.74) is 0. The molecule has 0 saturated heterocycles. The van der Waals surface area contributed by atoms with Crippen LogP contribution in [-0.2, 0) is 6.54 Å². The molecule has 58 valence electrons. The van der Waals surface area contributed by atoms with Crippen LogP contribution in [0.2, 0.25) is 5.22 Å². The summed E-state index contributed by atoms with van der Waals surface area (Å²) in [5.74, 6) is 0.863. The normalized spacial score (nSPS) is 9.00. The molecule has 0 amide bonds. The zero-order valence-electron chi connectivity index (χ0n) is 5.56. The van der Waals surface area contributed by atoms with Gasteiger partial charge < -0.3 is 9.73 Å². The van der Waals surface area contributed by atoms with Gasteiger partial charge >= 0.3 is 0 Å². The highest BCUT2D eigenvalue weighted by Gasteiger charge is 1.95. The molecule has 1 heterocycles. The summed E-state index contributed by atoms with van der Waals surface area (Å²) < 4.78 is 5.03. The maximum atomic E-state index is 5.50. The van der Waals surface area contributed by atoms with Gasteiger partial charge in [0, 0.05) is 0 Å². The van der Waals surface area contributed by atoms with Crippen LogP contribution >= 0.6 is 24.0 Å². The summed E-state index contributed by atoms with van der Waals surface area (Å²) in [7, 11) is 1.86. The van der Waals surface area contributed by atoms with Crippen molar-refractivity contribution < 1.29 is 4.42 Å². The van der Waals surface area contributed by atoms with E-state index in [-0.39, 0.29) is 12.4 Å². The number of rotatable bonds is 2. The molecule has 1 aromatic heterocycles. The molecule has 0 spiro atoms. The Morgan fingerprint density at radius 3 is 2.70 bits per heavy atom. The van der Waals surface area contributed by atoms with Crippen molar-refractivity contribution in [2.24, 2.45) is 0 Å². The zero-order chi connectivity index (χ0) is 6.69. The fourth-order valence-corrected chi connectivity index (χ4v) is 0.783. The maximum Gasteiger partial charge on any atom is 0.193 e. The van der Waals surface area contributed by atoms with E-state index in [0.717, 1.165) is 12.3 Å². The second-order valence-corrected chi connectivity index (χ2v) is 2.11. The third-order valence-corrected chi connectivity index (χ3v) is 1.18. The monoisotopic (exact) mass is 181 g/mol. The van der Waals surface area contributed by atoms with Gasteiger partial charge in [-0.05, 0) is 30.8 Å². The minimum Gasteiger partial charge on any atom is -0.448 e. The molecular formula is C6H9Cl2NO. The van der Waals surface area contributed by atoms with E-state index < -0.39 is 0 Å². The highest BCUT2D eigenvalue weighted by atomic mass is 35.5. The third kappa shape index (κ3) is 2.60. The molecule has 0 fully saturated rings. The van der Waals surface area contributed by atoms with E-state index in [9.17, 15) is 0 Å². The van der Waals surface area contributed by atoms with Gasteiger partial charge in [0.15, 0.2) is 5.22 Å². The van der Waals surface area contributed by atoms with E-state index in [1.807, 2.05) is 13.1 Å². The van der Waals surface area contributed by atoms with Gasteiger partial charge in [-0.25, -0.2) is 0 Å². The average Bonchev–Trinajstić information content (AvgIpc) is 2.17. The van der Waals surface area contributed by atoms with Crippen molar-refractivity contribution >= 4 is 24.0 Å². The molecule has 1 aromatic rings. The summed E-state index contributed by atoms with van der Waals surface area (Å²) >= 11 is 5.50. The first-order valence-corrected chi connectivity index (χ1v) is 3.09. The first-order valence-electron chi connectivity index (χ1n) is 2.72. The second-order valence-electron chi connectivity index (χ2n) is 1.74. The van der Waals surface area contributed by atoms with Crippen molar-refractivity contribution in [2.45, 2.75) is 6.54 Å². The van der Waals surface area contributed by atoms with Crippen LogP contribution in [0.3, 0.4) is 0 Å². The van der Waals surface area contributed by atoms with Crippen LogP contribution in [0.25, 0.3) is 0 Å². The molecular weight excluding hydrogens is 173 g/mol. The summed E-state index contributed by atoms with van der Waals surface area (Å²) in [6.07, 6.45) is 0. The topological polar surface area (TPSA) is 25.2 Å². The van der Waals surface area contributed by atoms with E-state index >= 15 is 0 Å². The molecule has 0 aliphatic rings. The Hall–Kier alpha value is -0.180. The van der Waals surface area contributed by atoms with Gasteiger partial charge in [0.2, 0.25) is 0 Å². The molecule has 0 aliphatic carbocycles. The highest BCUT2D eigenvalue weighted by Crippen LogP contribution is 2.12. The van der Waals surface area contributed by atoms with Crippen LogP contribution in [0.15, 0.2) is 16.5 Å². The Morgan fingerprint density at radius 1 is 1.60 bits per heavy atom. The van der Waals surface area contributed by atoms with E-state index in [2.05, 4.69) is 5.32 Å². The van der Waals surface area contributed by atoms with Gasteiger partial charge in [0.05, 0.1) is 6.54 Å². The lowest BCUT2D eigenvalue weighted by molar-refractivity contribution is 0.497. The van der Waals surface area contributed by atoms with E-state index in [4.69, 9.17) is 16.0 Å². The maximum absolute atomic E-state index is 5.50. The first kappa shape index (κ1) is 9.82. The molecule has 0 bridgehead atoms. The molecule has 0 saturated carbocycles. The highest BCUT2D eigenvalue weighted by molar-refractivity contribution is 6.28. The van der Waals surface area contributed by atoms with E-state index in [0.29, 0.717) is 5.22 Å². The Labute approximate surface area is 71.0 Å². The van der Waals surface area contributed by atoms with E-state index in [1.54, 1.807) is 6.07 Å². The Balaban J connectivity index is 0.000000810. The molecule has 2 nitrogen and oxygen atoms in total. The van der Waals surface area contributed by atoms with Crippen molar-refractivity contribution in [2.75, 3.05) is 7.05 Å². The number of nitrogens with one attached hydrogen (secondary N) is 1. The van der Waals surface area contributed by atoms with Crippen molar-refractivity contribution in [3.8, 4) is 0 Å². The number of hydrogen-bond donors (Lipinski definition) is 1. The molecule has 0 radical (unpaired) electrons. The molecule has 0 aliphatic heterocycles. The van der Waals surface area contributed by atoms with Gasteiger partial charge in [0.1, 0.15) is 5.76 Å². The summed E-state index contributed by atoms with van der Waals surface area (Å²) in [4.78, 5) is 0. The summed E-state index contributed by atoms with van der Waals surface area (Å²) in [6.45, 7) is 0.729. The van der Waals surface area contributed by atoms with Gasteiger partial charge in [-0.15, -0.1) is 12.4 Å². The van der Waals surface area contributed by atoms with Crippen LogP contribution in [0, 0.1) is 0 Å². The molecule has 1 rings (SSSR count). The Bertz CT molecular complexity index is 188. The lowest BCUT2D eigenvalue weighted by atomic mass is 10.4. The standard InChI is InChI=1S/C6H8ClNO.ClH/c1-8-4-5-2-3-6(7)9-5;/h2-3,8H,4H2,1H3;1H. The first-order chi connectivity index (χ1) is 4.33. The largest absolute Gasteiger partial charge is 0.448 e. The second kappa shape index (κ2) is 4.61. The number of halogens is 2. The van der Waals surface area contributed by atoms with Crippen molar-refractivity contribution in [3.63, 3.8) is 0 Å². The molecule has 10 heavy (non-hydrogen) atoms. The third-order valence-electron chi connectivity index (χ3n) is 0.980. The Morgan fingerprint density at radius 2 is 2.30 bits per heavy atom. The van der Waals surface area contributed by atoms with Crippen molar-refractivity contribution in [1.29, 1.82) is 0 Å². The van der Waals surface area contributed by atoms with Crippen molar-refractivity contribution in [1.82, 2.24) is 5.32 Å². The quantitative estimate of drug-likeness (QED) is 0.757. The molecule has 0 aromatic carbocycles. The van der Waals surface area contributed by atoms with Crippen LogP contribution in [0.5, 0.6) is 0 Å². The lowest BCUT2D eigenvalue weighted by Crippen LogP contribution is -2.03. The predicted molar refractivity (Wildman–Crippen MR) is 43.7 cm³/mol. The fraction of sp³-hybridized carbons (Fsp3) is 0.333. The molecule has 1 N–H and O–H groups in total. The zero-order valence-corrected chi connectivity index (χ0v) is 7.13. The van der Waals surface area contributed by atoms with Gasteiger partial charge in [0.25, 0.3) is 0 Å². The lowest BCUT2D eigenvalue weighted by Gasteiger charge is -1.89. The fourth-order valence-electron chi connectivity index (χ4n) is 0.621. The van der Waals surface area contributed by atoms with Gasteiger partial charge in [-0.2, -0.15) is 0 Å². The summed E-state index contributed by atoms with van der Waals surface area (Å²) in [5, 5.41) is 3.39. The molecule has 0 atom stereocenters.